The Hall–Kier alpha value is -5.09. The second-order valence-electron chi connectivity index (χ2n) is 11.3. The lowest BCUT2D eigenvalue weighted by Gasteiger charge is -2.19. The zero-order chi connectivity index (χ0) is 28.4. The van der Waals surface area contributed by atoms with E-state index in [-0.39, 0.29) is 5.41 Å². The fourth-order valence-corrected chi connectivity index (χ4v) is 5.03. The van der Waals surface area contributed by atoms with E-state index in [2.05, 4.69) is 109 Å². The van der Waals surface area contributed by atoms with Crippen LogP contribution in [0.4, 0.5) is 5.69 Å². The Kier molecular flexibility index (Phi) is 6.90. The van der Waals surface area contributed by atoms with E-state index in [0.717, 1.165) is 33.3 Å². The summed E-state index contributed by atoms with van der Waals surface area (Å²) in [5, 5.41) is 15.3. The molecule has 0 saturated heterocycles. The van der Waals surface area contributed by atoms with Gasteiger partial charge in [-0.3, -0.25) is 15.8 Å². The second kappa shape index (κ2) is 10.8. The summed E-state index contributed by atoms with van der Waals surface area (Å²) in [6, 6.07) is 33.7. The first kappa shape index (κ1) is 26.1. The van der Waals surface area contributed by atoms with Crippen LogP contribution in [0.1, 0.15) is 31.9 Å². The summed E-state index contributed by atoms with van der Waals surface area (Å²) in [5.74, 6) is 0. The van der Waals surface area contributed by atoms with Gasteiger partial charge in [0.15, 0.2) is 0 Å². The van der Waals surface area contributed by atoms with E-state index in [1.54, 1.807) is 0 Å². The van der Waals surface area contributed by atoms with E-state index < -0.39 is 0 Å². The summed E-state index contributed by atoms with van der Waals surface area (Å²) in [6.07, 6.45) is 9.56. The standard InChI is InChI=1S/C37H32N4/c1-37(2,3)31-17-12-26(13-18-31)25-8-10-27(11-9-25)29-16-21-36(35(38)22-29)41-40-32-19-14-28(15-20-32)34-24-39-23-30-6-4-5-7-33(30)34/h4-24,38,40H,1-3H3. The van der Waals surface area contributed by atoms with Gasteiger partial charge in [-0.05, 0) is 68.5 Å². The van der Waals surface area contributed by atoms with Gasteiger partial charge in [0, 0.05) is 23.3 Å². The molecule has 0 radical (unpaired) electrons. The van der Waals surface area contributed by atoms with Crippen LogP contribution in [0.25, 0.3) is 38.6 Å². The van der Waals surface area contributed by atoms with Gasteiger partial charge in [0.2, 0.25) is 0 Å². The largest absolute Gasteiger partial charge is 0.299 e. The molecule has 0 amide bonds. The zero-order valence-electron chi connectivity index (χ0n) is 23.5. The van der Waals surface area contributed by atoms with Crippen molar-refractivity contribution in [3.8, 4) is 22.3 Å². The molecule has 0 saturated carbocycles. The lowest BCUT2D eigenvalue weighted by atomic mass is 9.86. The highest BCUT2D eigenvalue weighted by Gasteiger charge is 2.14. The lowest BCUT2D eigenvalue weighted by Crippen LogP contribution is -2.13. The molecule has 4 heteroatoms. The number of nitrogens with zero attached hydrogens (tertiary/aromatic N) is 2. The van der Waals surface area contributed by atoms with Gasteiger partial charge >= 0.3 is 0 Å². The second-order valence-corrected chi connectivity index (χ2v) is 11.3. The van der Waals surface area contributed by atoms with Crippen molar-refractivity contribution >= 4 is 33.5 Å². The molecular weight excluding hydrogens is 500 g/mol. The third kappa shape index (κ3) is 5.64. The molecule has 1 aliphatic rings. The summed E-state index contributed by atoms with van der Waals surface area (Å²) >= 11 is 0. The molecule has 4 nitrogen and oxygen atoms in total. The highest BCUT2D eigenvalue weighted by Crippen LogP contribution is 2.30. The van der Waals surface area contributed by atoms with Crippen LogP contribution in [0.5, 0.6) is 0 Å². The highest BCUT2D eigenvalue weighted by atomic mass is 15.3. The maximum atomic E-state index is 8.56. The topological polar surface area (TPSA) is 61.1 Å². The smallest absolute Gasteiger partial charge is 0.108 e. The van der Waals surface area contributed by atoms with Crippen LogP contribution in [0.3, 0.4) is 0 Å². The Balaban J connectivity index is 1.12. The number of benzene rings is 4. The zero-order valence-corrected chi connectivity index (χ0v) is 23.5. The molecule has 0 spiro atoms. The number of nitrogens with one attached hydrogen (secondary N) is 2. The summed E-state index contributed by atoms with van der Waals surface area (Å²) < 4.78 is 0. The van der Waals surface area contributed by atoms with Crippen molar-refractivity contribution in [3.05, 3.63) is 139 Å². The van der Waals surface area contributed by atoms with E-state index >= 15 is 0 Å². The van der Waals surface area contributed by atoms with Crippen LogP contribution in [0, 0.1) is 5.41 Å². The average molecular weight is 533 g/mol. The van der Waals surface area contributed by atoms with Gasteiger partial charge < -0.3 is 0 Å². The summed E-state index contributed by atoms with van der Waals surface area (Å²) in [6.45, 7) is 6.69. The van der Waals surface area contributed by atoms with Crippen LogP contribution in [-0.4, -0.2) is 16.4 Å². The molecule has 200 valence electrons. The van der Waals surface area contributed by atoms with Crippen molar-refractivity contribution in [1.29, 1.82) is 5.41 Å². The highest BCUT2D eigenvalue weighted by molar-refractivity contribution is 6.51. The number of hydrogen-bond acceptors (Lipinski definition) is 4. The lowest BCUT2D eigenvalue weighted by molar-refractivity contribution is 0.590. The minimum atomic E-state index is 0.144. The predicted octanol–water partition coefficient (Wildman–Crippen LogP) is 9.31. The van der Waals surface area contributed by atoms with Crippen molar-refractivity contribution in [2.45, 2.75) is 26.2 Å². The first-order valence-corrected chi connectivity index (χ1v) is 13.8. The number of allylic oxidation sites excluding steroid dienone is 4. The van der Waals surface area contributed by atoms with Gasteiger partial charge in [-0.1, -0.05) is 112 Å². The third-order valence-corrected chi connectivity index (χ3v) is 7.47. The fraction of sp³-hybridized carbons (Fsp3) is 0.108. The Morgan fingerprint density at radius 1 is 0.683 bits per heavy atom. The van der Waals surface area contributed by atoms with E-state index in [1.165, 1.54) is 22.1 Å². The number of hydrogen-bond donors (Lipinski definition) is 2. The molecular formula is C37H32N4. The van der Waals surface area contributed by atoms with Gasteiger partial charge in [-0.25, -0.2) is 0 Å². The van der Waals surface area contributed by atoms with Crippen LogP contribution in [-0.2, 0) is 5.41 Å². The number of anilines is 1. The van der Waals surface area contributed by atoms with Crippen LogP contribution >= 0.6 is 0 Å². The van der Waals surface area contributed by atoms with E-state index in [1.807, 2.05) is 54.9 Å². The molecule has 1 aromatic heterocycles. The predicted molar refractivity (Wildman–Crippen MR) is 174 cm³/mol. The first-order valence-electron chi connectivity index (χ1n) is 13.8. The molecule has 41 heavy (non-hydrogen) atoms. The Labute approximate surface area is 241 Å². The van der Waals surface area contributed by atoms with Crippen molar-refractivity contribution in [1.82, 2.24) is 4.98 Å². The molecule has 6 rings (SSSR count). The summed E-state index contributed by atoms with van der Waals surface area (Å²) in [5.41, 5.74) is 13.0. The maximum absolute atomic E-state index is 8.56. The van der Waals surface area contributed by atoms with Crippen molar-refractivity contribution in [3.63, 3.8) is 0 Å². The van der Waals surface area contributed by atoms with E-state index in [9.17, 15) is 0 Å². The fourth-order valence-electron chi connectivity index (χ4n) is 5.03. The molecule has 0 atom stereocenters. The molecule has 5 aromatic rings. The first-order chi connectivity index (χ1) is 19.8. The van der Waals surface area contributed by atoms with Gasteiger partial charge in [0.1, 0.15) is 5.71 Å². The molecule has 2 N–H and O–H groups in total. The number of rotatable bonds is 5. The van der Waals surface area contributed by atoms with Gasteiger partial charge in [0.05, 0.1) is 11.4 Å². The van der Waals surface area contributed by atoms with E-state index in [0.29, 0.717) is 11.4 Å². The van der Waals surface area contributed by atoms with Gasteiger partial charge in [-0.2, -0.15) is 5.10 Å². The molecule has 0 bridgehead atoms. The molecule has 1 heterocycles. The number of aromatic nitrogens is 1. The van der Waals surface area contributed by atoms with Crippen LogP contribution in [0.2, 0.25) is 0 Å². The monoisotopic (exact) mass is 532 g/mol. The van der Waals surface area contributed by atoms with Gasteiger partial charge in [-0.15, -0.1) is 0 Å². The molecule has 0 fully saturated rings. The van der Waals surface area contributed by atoms with Gasteiger partial charge in [0.25, 0.3) is 0 Å². The van der Waals surface area contributed by atoms with Crippen molar-refractivity contribution < 1.29 is 0 Å². The number of hydrazone groups is 1. The molecule has 0 unspecified atom stereocenters. The molecule has 4 aromatic carbocycles. The van der Waals surface area contributed by atoms with Crippen molar-refractivity contribution in [2.24, 2.45) is 5.10 Å². The molecule has 0 aliphatic heterocycles. The summed E-state index contributed by atoms with van der Waals surface area (Å²) in [7, 11) is 0. The Bertz CT molecular complexity index is 1810. The summed E-state index contributed by atoms with van der Waals surface area (Å²) in [4.78, 5) is 4.40. The normalized spacial score (nSPS) is 14.4. The minimum absolute atomic E-state index is 0.144. The van der Waals surface area contributed by atoms with E-state index in [4.69, 9.17) is 5.41 Å². The number of fused-ring (bicyclic) bond motifs is 1. The number of pyridine rings is 1. The van der Waals surface area contributed by atoms with Crippen molar-refractivity contribution in [2.75, 3.05) is 5.43 Å². The maximum Gasteiger partial charge on any atom is 0.108 e. The quantitative estimate of drug-likeness (QED) is 0.175. The third-order valence-electron chi connectivity index (χ3n) is 7.47. The Morgan fingerprint density at radius 2 is 1.32 bits per heavy atom. The van der Waals surface area contributed by atoms with Crippen LogP contribution in [0.15, 0.2) is 133 Å². The van der Waals surface area contributed by atoms with Crippen LogP contribution < -0.4 is 5.43 Å². The average Bonchev–Trinajstić information content (AvgIpc) is 3.00. The minimum Gasteiger partial charge on any atom is -0.299 e. The SMILES string of the molecule is CC(C)(C)c1ccc(-c2ccc(C3=CC(=N)C(=NNc4ccc(-c5cncc6ccccc56)cc4)C=C3)cc2)cc1. The molecule has 1 aliphatic carbocycles. The Morgan fingerprint density at radius 3 is 2.00 bits per heavy atom.